The van der Waals surface area contributed by atoms with Gasteiger partial charge < -0.3 is 5.32 Å². The summed E-state index contributed by atoms with van der Waals surface area (Å²) in [7, 11) is 0. The second-order valence-corrected chi connectivity index (χ2v) is 7.44. The molecule has 0 spiro atoms. The van der Waals surface area contributed by atoms with Gasteiger partial charge in [-0.2, -0.15) is 0 Å². The van der Waals surface area contributed by atoms with Crippen LogP contribution in [0, 0.1) is 11.7 Å². The predicted octanol–water partition coefficient (Wildman–Crippen LogP) is 4.69. The zero-order chi connectivity index (χ0) is 16.4. The van der Waals surface area contributed by atoms with Gasteiger partial charge in [-0.3, -0.25) is 4.79 Å². The summed E-state index contributed by atoms with van der Waals surface area (Å²) in [4.78, 5) is 12.7. The van der Waals surface area contributed by atoms with E-state index in [4.69, 9.17) is 11.6 Å². The third-order valence-electron chi connectivity index (χ3n) is 4.19. The number of hydrogen-bond acceptors (Lipinski definition) is 2. The van der Waals surface area contributed by atoms with Crippen LogP contribution >= 0.6 is 23.4 Å². The summed E-state index contributed by atoms with van der Waals surface area (Å²) in [5.74, 6) is 0.382. The van der Waals surface area contributed by atoms with Crippen LogP contribution in [-0.2, 0) is 10.5 Å². The van der Waals surface area contributed by atoms with Crippen molar-refractivity contribution in [3.05, 3.63) is 66.0 Å². The Morgan fingerprint density at radius 2 is 1.83 bits per heavy atom. The molecule has 0 aromatic heterocycles. The molecule has 1 fully saturated rings. The standard InChI is InChI=1S/C18H17ClFNOS/c1-12-16(19)18(12,23-11-13-5-3-2-4-6-13)17(22)21-15-9-7-14(20)8-10-15/h2-10,12,16H,11H2,1H3,(H,21,22)/t12-,16+,18-/m0/s1. The van der Waals surface area contributed by atoms with Crippen molar-refractivity contribution in [2.45, 2.75) is 22.8 Å². The van der Waals surface area contributed by atoms with Crippen LogP contribution in [0.5, 0.6) is 0 Å². The number of benzene rings is 2. The Bertz CT molecular complexity index is 684. The summed E-state index contributed by atoms with van der Waals surface area (Å²) in [6, 6.07) is 15.8. The summed E-state index contributed by atoms with van der Waals surface area (Å²) in [5, 5.41) is 2.66. The van der Waals surface area contributed by atoms with Crippen molar-refractivity contribution in [3.8, 4) is 0 Å². The zero-order valence-electron chi connectivity index (χ0n) is 12.6. The SMILES string of the molecule is C[C@H]1[C@@H](Cl)[C@]1(SCc1ccccc1)C(=O)Nc1ccc(F)cc1. The highest BCUT2D eigenvalue weighted by Gasteiger charge is 2.67. The summed E-state index contributed by atoms with van der Waals surface area (Å²) in [6.45, 7) is 1.99. The molecule has 1 N–H and O–H groups in total. The lowest BCUT2D eigenvalue weighted by atomic mass is 10.2. The van der Waals surface area contributed by atoms with Crippen molar-refractivity contribution in [1.82, 2.24) is 0 Å². The van der Waals surface area contributed by atoms with Crippen LogP contribution in [0.15, 0.2) is 54.6 Å². The first-order valence-electron chi connectivity index (χ1n) is 7.43. The van der Waals surface area contributed by atoms with Gasteiger partial charge in [0.05, 0.1) is 5.38 Å². The van der Waals surface area contributed by atoms with E-state index in [0.717, 1.165) is 11.3 Å². The second-order valence-electron chi connectivity index (χ2n) is 5.72. The minimum atomic E-state index is -0.633. The van der Waals surface area contributed by atoms with E-state index in [0.29, 0.717) is 5.69 Å². The van der Waals surface area contributed by atoms with Crippen molar-refractivity contribution in [2.75, 3.05) is 5.32 Å². The van der Waals surface area contributed by atoms with Crippen molar-refractivity contribution in [2.24, 2.45) is 5.92 Å². The highest BCUT2D eigenvalue weighted by Crippen LogP contribution is 2.59. The van der Waals surface area contributed by atoms with E-state index < -0.39 is 4.75 Å². The maximum Gasteiger partial charge on any atom is 0.242 e. The molecule has 0 bridgehead atoms. The molecular formula is C18H17ClFNOS. The van der Waals surface area contributed by atoms with Crippen molar-refractivity contribution in [1.29, 1.82) is 0 Å². The molecule has 1 aliphatic rings. The Morgan fingerprint density at radius 3 is 2.39 bits per heavy atom. The fraction of sp³-hybridized carbons (Fsp3) is 0.278. The van der Waals surface area contributed by atoms with E-state index in [1.165, 1.54) is 12.1 Å². The molecule has 1 aliphatic carbocycles. The average Bonchev–Trinajstić information content (AvgIpc) is 3.10. The van der Waals surface area contributed by atoms with Crippen molar-refractivity contribution in [3.63, 3.8) is 0 Å². The summed E-state index contributed by atoms with van der Waals surface area (Å²) in [6.07, 6.45) is 0. The minimum absolute atomic E-state index is 0.0957. The molecule has 5 heteroatoms. The molecule has 0 aliphatic heterocycles. The molecule has 2 aromatic rings. The highest BCUT2D eigenvalue weighted by molar-refractivity contribution is 8.01. The van der Waals surface area contributed by atoms with Gasteiger partial charge in [-0.15, -0.1) is 23.4 Å². The number of nitrogens with one attached hydrogen (secondary N) is 1. The van der Waals surface area contributed by atoms with E-state index in [1.54, 1.807) is 23.9 Å². The second kappa shape index (κ2) is 6.54. The Labute approximate surface area is 144 Å². The molecule has 0 saturated heterocycles. The predicted molar refractivity (Wildman–Crippen MR) is 94.3 cm³/mol. The van der Waals surface area contributed by atoms with Crippen LogP contribution in [0.2, 0.25) is 0 Å². The van der Waals surface area contributed by atoms with Crippen LogP contribution in [0.25, 0.3) is 0 Å². The van der Waals surface area contributed by atoms with Crippen molar-refractivity contribution >= 4 is 35.0 Å². The summed E-state index contributed by atoms with van der Waals surface area (Å²) < 4.78 is 12.3. The lowest BCUT2D eigenvalue weighted by Gasteiger charge is -2.17. The number of amides is 1. The number of anilines is 1. The number of rotatable bonds is 5. The third-order valence-corrected chi connectivity index (χ3v) is 6.81. The number of hydrogen-bond donors (Lipinski definition) is 1. The largest absolute Gasteiger partial charge is 0.325 e. The average molecular weight is 350 g/mol. The van der Waals surface area contributed by atoms with Gasteiger partial charge in [0.15, 0.2) is 0 Å². The van der Waals surface area contributed by atoms with Crippen LogP contribution in [0.3, 0.4) is 0 Å². The normalized spacial score (nSPS) is 25.9. The molecule has 0 heterocycles. The lowest BCUT2D eigenvalue weighted by molar-refractivity contribution is -0.116. The number of thioether (sulfide) groups is 1. The van der Waals surface area contributed by atoms with Crippen LogP contribution in [0.1, 0.15) is 12.5 Å². The Kier molecular flexibility index (Phi) is 4.64. The molecule has 1 amide bonds. The maximum absolute atomic E-state index is 13.0. The van der Waals surface area contributed by atoms with Gasteiger partial charge in [-0.1, -0.05) is 37.3 Å². The first-order valence-corrected chi connectivity index (χ1v) is 8.85. The molecule has 120 valence electrons. The maximum atomic E-state index is 13.0. The van der Waals surface area contributed by atoms with Gasteiger partial charge in [0.1, 0.15) is 10.6 Å². The topological polar surface area (TPSA) is 29.1 Å². The molecule has 0 unspecified atom stereocenters. The zero-order valence-corrected chi connectivity index (χ0v) is 14.2. The van der Waals surface area contributed by atoms with E-state index in [1.807, 2.05) is 37.3 Å². The van der Waals surface area contributed by atoms with Gasteiger partial charge in [-0.25, -0.2) is 4.39 Å². The first kappa shape index (κ1) is 16.3. The Morgan fingerprint density at radius 1 is 1.22 bits per heavy atom. The van der Waals surface area contributed by atoms with Gasteiger partial charge >= 0.3 is 0 Å². The quantitative estimate of drug-likeness (QED) is 0.793. The molecule has 3 rings (SSSR count). The fourth-order valence-electron chi connectivity index (χ4n) is 2.63. The molecule has 2 nitrogen and oxygen atoms in total. The molecule has 23 heavy (non-hydrogen) atoms. The van der Waals surface area contributed by atoms with Crippen LogP contribution < -0.4 is 5.32 Å². The van der Waals surface area contributed by atoms with E-state index in [-0.39, 0.29) is 23.0 Å². The smallest absolute Gasteiger partial charge is 0.242 e. The van der Waals surface area contributed by atoms with Crippen LogP contribution in [-0.4, -0.2) is 16.0 Å². The molecular weight excluding hydrogens is 333 g/mol. The number of carbonyl (C=O) groups is 1. The first-order chi connectivity index (χ1) is 11.0. The van der Waals surface area contributed by atoms with Crippen molar-refractivity contribution < 1.29 is 9.18 Å². The highest BCUT2D eigenvalue weighted by atomic mass is 35.5. The van der Waals surface area contributed by atoms with E-state index >= 15 is 0 Å². The number of alkyl halides is 1. The molecule has 0 radical (unpaired) electrons. The Hall–Kier alpha value is -1.52. The minimum Gasteiger partial charge on any atom is -0.325 e. The number of carbonyl (C=O) groups excluding carboxylic acids is 1. The van der Waals surface area contributed by atoms with Crippen LogP contribution in [0.4, 0.5) is 10.1 Å². The molecule has 2 aromatic carbocycles. The summed E-state index contributed by atoms with van der Waals surface area (Å²) in [5.41, 5.74) is 1.74. The lowest BCUT2D eigenvalue weighted by Crippen LogP contribution is -2.30. The van der Waals surface area contributed by atoms with Gasteiger partial charge in [0.2, 0.25) is 5.91 Å². The Balaban J connectivity index is 1.70. The fourth-order valence-corrected chi connectivity index (χ4v) is 4.79. The summed E-state index contributed by atoms with van der Waals surface area (Å²) >= 11 is 7.94. The van der Waals surface area contributed by atoms with Gasteiger partial charge in [0, 0.05) is 11.4 Å². The number of halogens is 2. The third kappa shape index (κ3) is 3.24. The molecule has 1 saturated carbocycles. The van der Waals surface area contributed by atoms with E-state index in [2.05, 4.69) is 5.32 Å². The monoisotopic (exact) mass is 349 g/mol. The van der Waals surface area contributed by atoms with Gasteiger partial charge in [-0.05, 0) is 35.7 Å². The van der Waals surface area contributed by atoms with Gasteiger partial charge in [0.25, 0.3) is 0 Å². The molecule has 3 atom stereocenters. The van der Waals surface area contributed by atoms with E-state index in [9.17, 15) is 9.18 Å².